The van der Waals surface area contributed by atoms with Crippen molar-refractivity contribution < 1.29 is 22.9 Å². The molecule has 2 aromatic rings. The van der Waals surface area contributed by atoms with Crippen LogP contribution in [0.5, 0.6) is 0 Å². The summed E-state index contributed by atoms with van der Waals surface area (Å²) in [7, 11) is -3.70. The van der Waals surface area contributed by atoms with Gasteiger partial charge in [0.25, 0.3) is 10.2 Å². The van der Waals surface area contributed by atoms with Crippen molar-refractivity contribution in [1.82, 2.24) is 15.0 Å². The van der Waals surface area contributed by atoms with E-state index in [4.69, 9.17) is 15.5 Å². The van der Waals surface area contributed by atoms with Crippen LogP contribution in [0.1, 0.15) is 37.8 Å². The van der Waals surface area contributed by atoms with Gasteiger partial charge in [-0.1, -0.05) is 12.8 Å². The number of aliphatic imine (C=N–C) groups is 1. The largest absolute Gasteiger partial charge is 0.412 e. The molecular weight excluding hydrogens is 497 g/mol. The molecule has 1 aliphatic carbocycles. The number of hydrogen-bond acceptors (Lipinski definition) is 7. The molecule has 14 heteroatoms. The summed E-state index contributed by atoms with van der Waals surface area (Å²) >= 11 is 3.10. The molecule has 8 N–H and O–H groups in total. The third kappa shape index (κ3) is 7.50. The molecular formula is C17H25BrFN7O4S. The maximum Gasteiger partial charge on any atom is 0.274 e. The Morgan fingerprint density at radius 1 is 1.35 bits per heavy atom. The highest BCUT2D eigenvalue weighted by Gasteiger charge is 2.24. The summed E-state index contributed by atoms with van der Waals surface area (Å²) in [5.41, 5.74) is 6.72. The van der Waals surface area contributed by atoms with E-state index < -0.39 is 16.0 Å². The third-order valence-corrected chi connectivity index (χ3v) is 6.11. The predicted octanol–water partition coefficient (Wildman–Crippen LogP) is 1.34. The smallest absolute Gasteiger partial charge is 0.274 e. The van der Waals surface area contributed by atoms with E-state index in [0.717, 1.165) is 32.1 Å². The molecule has 11 nitrogen and oxygen atoms in total. The Morgan fingerprint density at radius 2 is 2.13 bits per heavy atom. The van der Waals surface area contributed by atoms with Crippen LogP contribution in [0.4, 0.5) is 15.9 Å². The van der Waals surface area contributed by atoms with Gasteiger partial charge < -0.3 is 16.5 Å². The van der Waals surface area contributed by atoms with Crippen LogP contribution in [0, 0.1) is 11.7 Å². The molecule has 31 heavy (non-hydrogen) atoms. The molecule has 1 aromatic carbocycles. The van der Waals surface area contributed by atoms with Crippen molar-refractivity contribution >= 4 is 43.5 Å². The van der Waals surface area contributed by atoms with E-state index in [1.807, 2.05) is 0 Å². The summed E-state index contributed by atoms with van der Waals surface area (Å²) in [5.74, 6) is 0.373. The third-order valence-electron chi connectivity index (χ3n) is 4.84. The molecule has 0 amide bonds. The van der Waals surface area contributed by atoms with Crippen LogP contribution in [0.15, 0.2) is 32.3 Å². The lowest BCUT2D eigenvalue weighted by atomic mass is 9.84. The fourth-order valence-electron chi connectivity index (χ4n) is 3.51. The van der Waals surface area contributed by atoms with Crippen molar-refractivity contribution in [2.75, 3.05) is 11.9 Å². The average Bonchev–Trinajstić information content (AvgIpc) is 3.12. The van der Waals surface area contributed by atoms with Gasteiger partial charge in [0.1, 0.15) is 5.82 Å². The monoisotopic (exact) mass is 521 g/mol. The zero-order chi connectivity index (χ0) is 21.7. The number of nitrogens with zero attached hydrogens (tertiary/aromatic N) is 3. The molecule has 2 unspecified atom stereocenters. The number of aromatic nitrogens is 2. The van der Waals surface area contributed by atoms with Gasteiger partial charge in [-0.3, -0.25) is 0 Å². The number of anilines is 1. The van der Waals surface area contributed by atoms with Crippen LogP contribution in [0.3, 0.4) is 0 Å². The van der Waals surface area contributed by atoms with Crippen molar-refractivity contribution in [3.8, 4) is 0 Å². The molecule has 0 saturated heterocycles. The first-order valence-corrected chi connectivity index (χ1v) is 11.7. The van der Waals surface area contributed by atoms with E-state index in [9.17, 15) is 12.8 Å². The summed E-state index contributed by atoms with van der Waals surface area (Å²) in [6, 6.07) is 4.12. The van der Waals surface area contributed by atoms with E-state index in [2.05, 4.69) is 41.3 Å². The second-order valence-electron chi connectivity index (χ2n) is 7.16. The fourth-order valence-corrected chi connectivity index (χ4v) is 4.55. The van der Waals surface area contributed by atoms with Gasteiger partial charge in [-0.25, -0.2) is 19.2 Å². The number of rotatable bonds is 8. The molecule has 0 spiro atoms. The summed E-state index contributed by atoms with van der Waals surface area (Å²) in [6.07, 6.45) is 4.26. The van der Waals surface area contributed by atoms with E-state index in [0.29, 0.717) is 24.0 Å². The molecule has 1 aromatic heterocycles. The molecule has 3 rings (SSSR count). The summed E-state index contributed by atoms with van der Waals surface area (Å²) in [5, 5.41) is 15.8. The minimum Gasteiger partial charge on any atom is -0.412 e. The van der Waals surface area contributed by atoms with Crippen LogP contribution in [0.2, 0.25) is 0 Å². The van der Waals surface area contributed by atoms with Crippen LogP contribution < -0.4 is 20.9 Å². The normalized spacial score (nSPS) is 19.6. The lowest BCUT2D eigenvalue weighted by Gasteiger charge is -2.29. The zero-order valence-corrected chi connectivity index (χ0v) is 18.9. The standard InChI is InChI=1S/C17H23BrFN7O3S.H2O/c18-13-9-11(4-5-14(13)19)23-16(20)15-17(25-29-24-15)22-7-6-10-2-1-3-12(8-10)26-30(21,27)28;/h4-5,9-10,12,26H,1-3,6-8H2,(H2,20,23)(H,22,25)(H2,21,27,28);1H2. The number of nitrogens with one attached hydrogen (secondary N) is 2. The highest BCUT2D eigenvalue weighted by atomic mass is 79.9. The summed E-state index contributed by atoms with van der Waals surface area (Å²) in [6.45, 7) is 0.573. The van der Waals surface area contributed by atoms with Crippen molar-refractivity contribution in [1.29, 1.82) is 0 Å². The van der Waals surface area contributed by atoms with E-state index in [1.165, 1.54) is 18.2 Å². The quantitative estimate of drug-likeness (QED) is 0.297. The first-order valence-electron chi connectivity index (χ1n) is 9.37. The Kier molecular flexibility index (Phi) is 8.88. The molecule has 172 valence electrons. The lowest BCUT2D eigenvalue weighted by molar-refractivity contribution is 0.297. The first-order chi connectivity index (χ1) is 14.2. The Hall–Kier alpha value is -2.13. The van der Waals surface area contributed by atoms with Crippen LogP contribution in [-0.2, 0) is 10.2 Å². The molecule has 1 fully saturated rings. The molecule has 1 saturated carbocycles. The summed E-state index contributed by atoms with van der Waals surface area (Å²) < 4.78 is 43.3. The van der Waals surface area contributed by atoms with Crippen molar-refractivity contribution in [2.24, 2.45) is 21.8 Å². The van der Waals surface area contributed by atoms with Gasteiger partial charge in [0.2, 0.25) is 5.82 Å². The van der Waals surface area contributed by atoms with Gasteiger partial charge in [-0.2, -0.15) is 13.1 Å². The molecule has 1 heterocycles. The number of benzene rings is 1. The highest BCUT2D eigenvalue weighted by molar-refractivity contribution is 9.10. The maximum absolute atomic E-state index is 13.4. The second-order valence-corrected chi connectivity index (χ2v) is 9.34. The molecule has 0 aliphatic heterocycles. The summed E-state index contributed by atoms with van der Waals surface area (Å²) in [4.78, 5) is 4.22. The van der Waals surface area contributed by atoms with Gasteiger partial charge in [0, 0.05) is 12.6 Å². The highest BCUT2D eigenvalue weighted by Crippen LogP contribution is 2.27. The maximum atomic E-state index is 13.4. The first kappa shape index (κ1) is 25.1. The molecule has 0 bridgehead atoms. The van der Waals surface area contributed by atoms with Crippen molar-refractivity contribution in [3.05, 3.63) is 34.2 Å². The van der Waals surface area contributed by atoms with Crippen molar-refractivity contribution in [3.63, 3.8) is 0 Å². The Labute approximate surface area is 187 Å². The van der Waals surface area contributed by atoms with Crippen molar-refractivity contribution in [2.45, 2.75) is 38.1 Å². The van der Waals surface area contributed by atoms with Crippen LogP contribution >= 0.6 is 15.9 Å². The SMILES string of the molecule is NC(=Nc1ccc(F)c(Br)c1)c1nonc1NCCC1CCCC(NS(N)(=O)=O)C1.O. The van der Waals surface area contributed by atoms with Gasteiger partial charge in [0.15, 0.2) is 11.5 Å². The van der Waals surface area contributed by atoms with Gasteiger partial charge in [-0.15, -0.1) is 0 Å². The second kappa shape index (κ2) is 10.9. The Bertz CT molecular complexity index is 1020. The Morgan fingerprint density at radius 3 is 2.84 bits per heavy atom. The molecule has 0 radical (unpaired) electrons. The number of nitrogens with two attached hydrogens (primary N) is 2. The molecule has 2 atom stereocenters. The van der Waals surface area contributed by atoms with Crippen LogP contribution in [0.25, 0.3) is 0 Å². The van der Waals surface area contributed by atoms with E-state index in [-0.39, 0.29) is 27.5 Å². The minimum atomic E-state index is -3.70. The number of halogens is 2. The zero-order valence-electron chi connectivity index (χ0n) is 16.5. The van der Waals surface area contributed by atoms with Gasteiger partial charge >= 0.3 is 0 Å². The topological polar surface area (TPSA) is 193 Å². The minimum absolute atomic E-state index is 0. The number of amidine groups is 1. The molecule has 1 aliphatic rings. The Balaban J connectivity index is 0.00000341. The fraction of sp³-hybridized carbons (Fsp3) is 0.471. The van der Waals surface area contributed by atoms with E-state index >= 15 is 0 Å². The van der Waals surface area contributed by atoms with Crippen LogP contribution in [-0.4, -0.2) is 42.6 Å². The lowest BCUT2D eigenvalue weighted by Crippen LogP contribution is -2.42. The van der Waals surface area contributed by atoms with Gasteiger partial charge in [-0.05, 0) is 69.6 Å². The predicted molar refractivity (Wildman–Crippen MR) is 117 cm³/mol. The van der Waals surface area contributed by atoms with Gasteiger partial charge in [0.05, 0.1) is 10.2 Å². The van der Waals surface area contributed by atoms with E-state index in [1.54, 1.807) is 0 Å². The average molecular weight is 522 g/mol. The number of hydrogen-bond donors (Lipinski definition) is 4.